The third-order valence-electron chi connectivity index (χ3n) is 2.79. The van der Waals surface area contributed by atoms with Crippen molar-refractivity contribution in [2.75, 3.05) is 0 Å². The number of thiophene rings is 1. The zero-order chi connectivity index (χ0) is 11.7. The van der Waals surface area contributed by atoms with E-state index in [1.165, 1.54) is 11.1 Å². The average Bonchev–Trinajstić information content (AvgIpc) is 2.86. The van der Waals surface area contributed by atoms with Crippen LogP contribution < -0.4 is 0 Å². The van der Waals surface area contributed by atoms with Gasteiger partial charge in [-0.15, -0.1) is 11.3 Å². The fourth-order valence-corrected chi connectivity index (χ4v) is 2.48. The lowest BCUT2D eigenvalue weighted by molar-refractivity contribution is 0.0725. The Hall–Kier alpha value is -1.69. The van der Waals surface area contributed by atoms with Crippen LogP contribution in [-0.2, 0) is 6.54 Å². The number of nitrogens with one attached hydrogen (secondary N) is 1. The minimum atomic E-state index is -0.0327. The summed E-state index contributed by atoms with van der Waals surface area (Å²) in [5.41, 5.74) is 0.397. The molecule has 0 aromatic carbocycles. The number of amides is 1. The summed E-state index contributed by atoms with van der Waals surface area (Å²) in [4.78, 5) is 15.3. The van der Waals surface area contributed by atoms with E-state index in [1.807, 2.05) is 16.3 Å². The van der Waals surface area contributed by atoms with Gasteiger partial charge in [0.05, 0.1) is 12.7 Å². The molecule has 1 amide bonds. The highest BCUT2D eigenvalue weighted by molar-refractivity contribution is 7.09. The molecule has 3 rings (SSSR count). The Morgan fingerprint density at radius 1 is 1.59 bits per heavy atom. The van der Waals surface area contributed by atoms with Crippen molar-refractivity contribution < 1.29 is 4.79 Å². The zero-order valence-electron chi connectivity index (χ0n) is 9.17. The molecule has 2 aromatic heterocycles. The molecule has 0 saturated heterocycles. The van der Waals surface area contributed by atoms with Gasteiger partial charge in [-0.05, 0) is 24.3 Å². The van der Waals surface area contributed by atoms with Crippen LogP contribution in [0.2, 0.25) is 0 Å². The normalized spacial score (nSPS) is 14.8. The smallest absolute Gasteiger partial charge is 0.276 e. The van der Waals surface area contributed by atoms with Gasteiger partial charge >= 0.3 is 0 Å². The Balaban J connectivity index is 1.78. The lowest BCUT2D eigenvalue weighted by Gasteiger charge is -2.20. The lowest BCUT2D eigenvalue weighted by Crippen LogP contribution is -2.32. The highest BCUT2D eigenvalue weighted by Gasteiger charge is 2.34. The van der Waals surface area contributed by atoms with Gasteiger partial charge in [-0.25, -0.2) is 0 Å². The van der Waals surface area contributed by atoms with Gasteiger partial charge < -0.3 is 4.90 Å². The number of nitrogens with zero attached hydrogens (tertiary/aromatic N) is 3. The SMILES string of the molecule is O=C(c1cn[nH]n1)N(Cc1cccs1)C1CC1. The molecule has 1 N–H and O–H groups in total. The summed E-state index contributed by atoms with van der Waals surface area (Å²) in [6.45, 7) is 0.675. The Labute approximate surface area is 102 Å². The summed E-state index contributed by atoms with van der Waals surface area (Å²) in [5.74, 6) is -0.0327. The second-order valence-corrected chi connectivity index (χ2v) is 5.13. The number of rotatable bonds is 4. The molecule has 88 valence electrons. The Kier molecular flexibility index (Phi) is 2.64. The molecule has 1 aliphatic carbocycles. The number of carbonyl (C=O) groups excluding carboxylic acids is 1. The van der Waals surface area contributed by atoms with E-state index >= 15 is 0 Å². The fourth-order valence-electron chi connectivity index (χ4n) is 1.78. The zero-order valence-corrected chi connectivity index (χ0v) is 9.98. The van der Waals surface area contributed by atoms with Gasteiger partial charge in [-0.1, -0.05) is 6.07 Å². The van der Waals surface area contributed by atoms with E-state index in [0.29, 0.717) is 18.3 Å². The van der Waals surface area contributed by atoms with Gasteiger partial charge in [-0.2, -0.15) is 15.4 Å². The van der Waals surface area contributed by atoms with Gasteiger partial charge in [0.15, 0.2) is 5.69 Å². The minimum Gasteiger partial charge on any atom is -0.329 e. The van der Waals surface area contributed by atoms with Crippen molar-refractivity contribution >= 4 is 17.2 Å². The van der Waals surface area contributed by atoms with Crippen LogP contribution >= 0.6 is 11.3 Å². The monoisotopic (exact) mass is 248 g/mol. The standard InChI is InChI=1S/C11H12N4OS/c16-11(10-6-12-14-13-10)15(8-3-4-8)7-9-2-1-5-17-9/h1-2,5-6,8H,3-4,7H2,(H,12,13,14). The molecule has 5 nitrogen and oxygen atoms in total. The molecule has 17 heavy (non-hydrogen) atoms. The van der Waals surface area contributed by atoms with Gasteiger partial charge in [0, 0.05) is 10.9 Å². The van der Waals surface area contributed by atoms with Crippen LogP contribution in [0, 0.1) is 0 Å². The van der Waals surface area contributed by atoms with Crippen molar-refractivity contribution in [1.29, 1.82) is 0 Å². The van der Waals surface area contributed by atoms with Crippen molar-refractivity contribution in [3.8, 4) is 0 Å². The van der Waals surface area contributed by atoms with Gasteiger partial charge in [-0.3, -0.25) is 4.79 Å². The molecule has 0 unspecified atom stereocenters. The van der Waals surface area contributed by atoms with E-state index in [4.69, 9.17) is 0 Å². The maximum Gasteiger partial charge on any atom is 0.276 e. The van der Waals surface area contributed by atoms with Crippen LogP contribution in [0.3, 0.4) is 0 Å². The Bertz CT molecular complexity index is 490. The molecule has 0 aliphatic heterocycles. The lowest BCUT2D eigenvalue weighted by atomic mass is 10.3. The quantitative estimate of drug-likeness (QED) is 0.895. The van der Waals surface area contributed by atoms with Crippen molar-refractivity contribution in [2.45, 2.75) is 25.4 Å². The number of carbonyl (C=O) groups is 1. The third-order valence-corrected chi connectivity index (χ3v) is 3.65. The molecule has 0 radical (unpaired) electrons. The van der Waals surface area contributed by atoms with E-state index in [2.05, 4.69) is 21.5 Å². The number of hydrogen-bond acceptors (Lipinski definition) is 4. The molecule has 1 fully saturated rings. The van der Waals surface area contributed by atoms with Crippen molar-refractivity contribution in [3.05, 3.63) is 34.3 Å². The van der Waals surface area contributed by atoms with Crippen molar-refractivity contribution in [2.24, 2.45) is 0 Å². The number of aromatic amines is 1. The largest absolute Gasteiger partial charge is 0.329 e. The Morgan fingerprint density at radius 3 is 3.06 bits per heavy atom. The first kappa shape index (κ1) is 10.5. The molecule has 2 aromatic rings. The summed E-state index contributed by atoms with van der Waals surface area (Å²) in [6.07, 6.45) is 3.66. The van der Waals surface area contributed by atoms with Crippen molar-refractivity contribution in [3.63, 3.8) is 0 Å². The summed E-state index contributed by atoms with van der Waals surface area (Å²) in [5, 5.41) is 12.0. The number of H-pyrrole nitrogens is 1. The second kappa shape index (κ2) is 4.29. The molecule has 0 spiro atoms. The van der Waals surface area contributed by atoms with Crippen LogP contribution in [-0.4, -0.2) is 32.3 Å². The minimum absolute atomic E-state index is 0.0327. The first-order chi connectivity index (χ1) is 8.34. The van der Waals surface area contributed by atoms with Crippen LogP contribution in [0.15, 0.2) is 23.7 Å². The molecule has 0 atom stereocenters. The third kappa shape index (κ3) is 2.21. The molecular formula is C11H12N4OS. The van der Waals surface area contributed by atoms with Crippen LogP contribution in [0.1, 0.15) is 28.2 Å². The van der Waals surface area contributed by atoms with Gasteiger partial charge in [0.1, 0.15) is 0 Å². The molecule has 0 bridgehead atoms. The summed E-state index contributed by atoms with van der Waals surface area (Å²) in [7, 11) is 0. The van der Waals surface area contributed by atoms with Gasteiger partial charge in [0.25, 0.3) is 5.91 Å². The maximum absolute atomic E-state index is 12.2. The van der Waals surface area contributed by atoms with E-state index in [0.717, 1.165) is 12.8 Å². The summed E-state index contributed by atoms with van der Waals surface area (Å²) < 4.78 is 0. The average molecular weight is 248 g/mol. The first-order valence-electron chi connectivity index (χ1n) is 5.54. The molecular weight excluding hydrogens is 236 g/mol. The molecule has 2 heterocycles. The van der Waals surface area contributed by atoms with Crippen LogP contribution in [0.5, 0.6) is 0 Å². The summed E-state index contributed by atoms with van der Waals surface area (Å²) >= 11 is 1.67. The molecule has 1 aliphatic rings. The van der Waals surface area contributed by atoms with E-state index in [9.17, 15) is 4.79 Å². The summed E-state index contributed by atoms with van der Waals surface area (Å²) in [6, 6.07) is 4.43. The topological polar surface area (TPSA) is 61.9 Å². The first-order valence-corrected chi connectivity index (χ1v) is 6.41. The Morgan fingerprint density at radius 2 is 2.47 bits per heavy atom. The maximum atomic E-state index is 12.2. The van der Waals surface area contributed by atoms with Crippen LogP contribution in [0.25, 0.3) is 0 Å². The predicted molar refractivity (Wildman–Crippen MR) is 63.6 cm³/mol. The fraction of sp³-hybridized carbons (Fsp3) is 0.364. The van der Waals surface area contributed by atoms with Crippen molar-refractivity contribution in [1.82, 2.24) is 20.3 Å². The van der Waals surface area contributed by atoms with Crippen LogP contribution in [0.4, 0.5) is 0 Å². The predicted octanol–water partition coefficient (Wildman–Crippen LogP) is 1.67. The highest BCUT2D eigenvalue weighted by atomic mass is 32.1. The second-order valence-electron chi connectivity index (χ2n) is 4.10. The number of hydrogen-bond donors (Lipinski definition) is 1. The molecule has 1 saturated carbocycles. The van der Waals surface area contributed by atoms with Gasteiger partial charge in [0.2, 0.25) is 0 Å². The van der Waals surface area contributed by atoms with E-state index in [1.54, 1.807) is 11.3 Å². The highest BCUT2D eigenvalue weighted by Crippen LogP contribution is 2.30. The van der Waals surface area contributed by atoms with E-state index in [-0.39, 0.29) is 5.91 Å². The number of aromatic nitrogens is 3. The molecule has 6 heteroatoms. The van der Waals surface area contributed by atoms with E-state index < -0.39 is 0 Å².